The number of nitrogens with zero attached hydrogens (tertiary/aromatic N) is 4. The fraction of sp³-hybridized carbons (Fsp3) is 0.455. The number of halogens is 1. The first kappa shape index (κ1) is 47.7. The van der Waals surface area contributed by atoms with Crippen LogP contribution in [0.5, 0.6) is 0 Å². The summed E-state index contributed by atoms with van der Waals surface area (Å²) >= 11 is 2.43. The normalized spacial score (nSPS) is 23.6. The molecule has 0 spiro atoms. The summed E-state index contributed by atoms with van der Waals surface area (Å²) in [7, 11) is 2.63. The maximum Gasteiger partial charge on any atom is 0.407 e. The van der Waals surface area contributed by atoms with Crippen LogP contribution in [0, 0.1) is 17.8 Å². The highest BCUT2D eigenvalue weighted by Crippen LogP contribution is 2.53. The lowest BCUT2D eigenvalue weighted by atomic mass is 9.84. The fourth-order valence-corrected chi connectivity index (χ4v) is 12.2. The van der Waals surface area contributed by atoms with Crippen molar-refractivity contribution in [1.82, 2.24) is 40.4 Å². The molecule has 15 heteroatoms. The van der Waals surface area contributed by atoms with E-state index < -0.39 is 24.3 Å². The molecule has 2 aliphatic heterocycles. The van der Waals surface area contributed by atoms with E-state index in [1.165, 1.54) is 47.6 Å². The number of ether oxygens (including phenoxy) is 2. The van der Waals surface area contributed by atoms with Crippen molar-refractivity contribution in [3.63, 3.8) is 0 Å². The number of likely N-dealkylation sites (tertiary alicyclic amines) is 2. The molecule has 4 bridgehead atoms. The molecule has 2 aromatic heterocycles. The molecule has 14 nitrogen and oxygen atoms in total. The van der Waals surface area contributed by atoms with Crippen LogP contribution in [-0.2, 0) is 38.3 Å². The Morgan fingerprint density at radius 2 is 1.23 bits per heavy atom. The number of rotatable bonds is 10. The summed E-state index contributed by atoms with van der Waals surface area (Å²) in [5.41, 5.74) is 13.3. The predicted molar refractivity (Wildman–Crippen MR) is 278 cm³/mol. The van der Waals surface area contributed by atoms with Crippen LogP contribution in [-0.4, -0.2) is 96.0 Å². The average molecular weight is 1060 g/mol. The molecule has 7 aliphatic rings. The highest BCUT2D eigenvalue weighted by Gasteiger charge is 2.56. The lowest BCUT2D eigenvalue weighted by Gasteiger charge is -2.33. The molecule has 6 aromatic rings. The molecule has 4 amide bonds. The number of aromatic nitrogens is 4. The molecule has 13 rings (SSSR count). The van der Waals surface area contributed by atoms with Gasteiger partial charge in [0.15, 0.2) is 0 Å². The molecule has 0 unspecified atom stereocenters. The highest BCUT2D eigenvalue weighted by molar-refractivity contribution is 14.1. The van der Waals surface area contributed by atoms with Crippen molar-refractivity contribution in [3.8, 4) is 22.3 Å². The van der Waals surface area contributed by atoms with Gasteiger partial charge in [-0.15, -0.1) is 0 Å². The number of benzene rings is 4. The Labute approximate surface area is 422 Å². The summed E-state index contributed by atoms with van der Waals surface area (Å²) in [5.74, 6) is 1.73. The molecular weight excluding hydrogens is 996 g/mol. The van der Waals surface area contributed by atoms with Crippen LogP contribution in [0.25, 0.3) is 44.3 Å². The van der Waals surface area contributed by atoms with E-state index in [0.29, 0.717) is 5.92 Å². The van der Waals surface area contributed by atoms with E-state index >= 15 is 0 Å². The summed E-state index contributed by atoms with van der Waals surface area (Å²) in [6, 6.07) is 25.1. The van der Waals surface area contributed by atoms with Gasteiger partial charge in [0, 0.05) is 16.0 Å². The molecule has 4 N–H and O–H groups in total. The van der Waals surface area contributed by atoms with Gasteiger partial charge in [0.1, 0.15) is 23.7 Å². The first-order chi connectivity index (χ1) is 33.6. The molecule has 0 radical (unpaired) electrons. The van der Waals surface area contributed by atoms with Gasteiger partial charge in [0.25, 0.3) is 0 Å². The molecule has 4 heterocycles. The maximum absolute atomic E-state index is 14.2. The third kappa shape index (κ3) is 8.91. The molecule has 366 valence electrons. The number of fused-ring (bicyclic) bond motifs is 3. The van der Waals surface area contributed by atoms with Crippen molar-refractivity contribution in [2.24, 2.45) is 17.8 Å². The lowest BCUT2D eigenvalue weighted by molar-refractivity contribution is -0.137. The van der Waals surface area contributed by atoms with Crippen LogP contribution in [0.4, 0.5) is 9.59 Å². The third-order valence-electron chi connectivity index (χ3n) is 15.5. The van der Waals surface area contributed by atoms with Crippen molar-refractivity contribution in [2.45, 2.75) is 126 Å². The zero-order chi connectivity index (χ0) is 49.3. The number of alkyl halides is 1. The fourth-order valence-electron chi connectivity index (χ4n) is 11.4. The van der Waals surface area contributed by atoms with Crippen LogP contribution >= 0.6 is 22.6 Å². The van der Waals surface area contributed by atoms with Gasteiger partial charge in [-0.2, -0.15) is 0 Å². The van der Waals surface area contributed by atoms with E-state index in [1.807, 2.05) is 37.5 Å². The Hall–Kier alpha value is -5.97. The monoisotopic (exact) mass is 1060 g/mol. The van der Waals surface area contributed by atoms with Gasteiger partial charge in [0.2, 0.25) is 11.8 Å². The van der Waals surface area contributed by atoms with Crippen molar-refractivity contribution in [3.05, 3.63) is 107 Å². The van der Waals surface area contributed by atoms with Gasteiger partial charge in [-0.05, 0) is 138 Å². The number of aromatic amines is 2. The second kappa shape index (κ2) is 19.0. The van der Waals surface area contributed by atoms with E-state index in [9.17, 15) is 19.2 Å². The van der Waals surface area contributed by atoms with E-state index in [-0.39, 0.29) is 57.7 Å². The van der Waals surface area contributed by atoms with Gasteiger partial charge >= 0.3 is 12.2 Å². The van der Waals surface area contributed by atoms with Crippen LogP contribution < -0.4 is 10.6 Å². The van der Waals surface area contributed by atoms with Crippen LogP contribution in [0.2, 0.25) is 0 Å². The number of hydrogen-bond donors (Lipinski definition) is 4. The van der Waals surface area contributed by atoms with Crippen LogP contribution in [0.15, 0.2) is 72.8 Å². The number of alkyl carbamates (subject to hydrolysis) is 2. The summed E-state index contributed by atoms with van der Waals surface area (Å²) in [6.45, 7) is 12.1. The van der Waals surface area contributed by atoms with Crippen molar-refractivity contribution >= 4 is 68.7 Å². The number of H-pyrrole nitrogens is 2. The number of carbonyl (C=O) groups excluding carboxylic acids is 4. The maximum atomic E-state index is 14.2. The summed E-state index contributed by atoms with van der Waals surface area (Å²) in [5, 5.41) is 5.56. The van der Waals surface area contributed by atoms with Crippen LogP contribution in [0.1, 0.15) is 113 Å². The quantitative estimate of drug-likeness (QED) is 0.0775. The lowest BCUT2D eigenvalue weighted by Crippen LogP contribution is -2.53. The van der Waals surface area contributed by atoms with E-state index in [1.54, 1.807) is 0 Å². The number of piperidine rings is 1. The van der Waals surface area contributed by atoms with Gasteiger partial charge in [0.05, 0.1) is 48.4 Å². The Morgan fingerprint density at radius 1 is 0.671 bits per heavy atom. The van der Waals surface area contributed by atoms with Gasteiger partial charge < -0.3 is 39.9 Å². The Balaban J connectivity index is 0.906. The smallest absolute Gasteiger partial charge is 0.407 e. The third-order valence-corrected chi connectivity index (χ3v) is 17.0. The zero-order valence-corrected chi connectivity index (χ0v) is 43.3. The van der Waals surface area contributed by atoms with Gasteiger partial charge in [-0.25, -0.2) is 19.6 Å². The minimum Gasteiger partial charge on any atom is -0.453 e. The standard InChI is InChI=1S/C55H63IN8O6/c1-27(2)48(61-54(67)69-7)52(65)63-30(6)40(56)26-47(63)51-58-42-18-16-36(23-44(42)60-51)39-21-33-14-13-32(39)11-9-31-10-12-34(19-29(33)5)38(20-31)35-15-17-41-43(22-35)59-50(57-41)46-25-37-24-45(37)64(46)53(66)49(28(3)4)62-55(68)70-8/h10,12-18,20-23,27-30,37,40,45-49H,9,11,19,24-26H2,1-8H3,(H,57,59)(H,58,60)(H,61,67)(H,62,68)/t29-,30-,37-,40-,45-,46+,47+,48+,49+/m1/s1. The summed E-state index contributed by atoms with van der Waals surface area (Å²) in [6.07, 6.45) is 3.91. The molecule has 9 atom stereocenters. The van der Waals surface area contributed by atoms with E-state index in [0.717, 1.165) is 83.4 Å². The first-order valence-electron chi connectivity index (χ1n) is 24.8. The molecule has 70 heavy (non-hydrogen) atoms. The molecule has 5 aliphatic carbocycles. The van der Waals surface area contributed by atoms with Crippen molar-refractivity contribution in [1.29, 1.82) is 0 Å². The molecule has 3 fully saturated rings. The van der Waals surface area contributed by atoms with Crippen molar-refractivity contribution in [2.75, 3.05) is 14.2 Å². The molecule has 1 saturated carbocycles. The highest BCUT2D eigenvalue weighted by atomic mass is 127. The number of methoxy groups -OCH3 is 2. The topological polar surface area (TPSA) is 175 Å². The average Bonchev–Trinajstić information content (AvgIpc) is 3.66. The number of aryl methyl sites for hydroxylation is 2. The number of amides is 4. The Morgan fingerprint density at radius 3 is 1.81 bits per heavy atom. The summed E-state index contributed by atoms with van der Waals surface area (Å²) in [4.78, 5) is 74.1. The minimum atomic E-state index is -0.725. The van der Waals surface area contributed by atoms with E-state index in [2.05, 4.69) is 130 Å². The SMILES string of the molecule is COC(=O)N[C@H](C(=O)N1[C@H](C)[C@H](I)C[C@H]1c1nc2ccc(-c3cc4ccc3CCc3ccc(c(-c5ccc6nc([C@@H]7C[C@H]8C[C@H]8N7C(=O)[C@@H](NC(=O)OC)C(C)C)[nH]c6c5)c3)C[C@H]4C)cc2[nH]1)C(C)C. The van der Waals surface area contributed by atoms with Crippen molar-refractivity contribution < 1.29 is 28.7 Å². The largest absolute Gasteiger partial charge is 0.453 e. The number of nitrogens with one attached hydrogen (secondary N) is 4. The Bertz CT molecular complexity index is 3020. The van der Waals surface area contributed by atoms with E-state index in [4.69, 9.17) is 19.4 Å². The van der Waals surface area contributed by atoms with Gasteiger partial charge in [-0.3, -0.25) is 9.59 Å². The van der Waals surface area contributed by atoms with Crippen LogP contribution in [0.3, 0.4) is 0 Å². The molecule has 2 saturated heterocycles. The number of hydrogen-bond acceptors (Lipinski definition) is 8. The van der Waals surface area contributed by atoms with Gasteiger partial charge in [-0.1, -0.05) is 106 Å². The summed E-state index contributed by atoms with van der Waals surface area (Å²) < 4.78 is 9.95. The predicted octanol–water partition coefficient (Wildman–Crippen LogP) is 10.1. The Kier molecular flexibility index (Phi) is 12.9. The molecular formula is C55H63IN8O6. The zero-order valence-electron chi connectivity index (χ0n) is 41.1. The number of imidazole rings is 2. The second-order valence-electron chi connectivity index (χ2n) is 20.8. The first-order valence-corrected chi connectivity index (χ1v) is 26.1. The minimum absolute atomic E-state index is 0.0519. The molecule has 4 aromatic carbocycles. The number of carbonyl (C=O) groups is 4. The second-order valence-corrected chi connectivity index (χ2v) is 22.4.